The molecule has 1 saturated carbocycles. The van der Waals surface area contributed by atoms with E-state index >= 15 is 0 Å². The number of carbonyl (C=O) groups is 1. The van der Waals surface area contributed by atoms with Crippen LogP contribution in [0.3, 0.4) is 0 Å². The van der Waals surface area contributed by atoms with Gasteiger partial charge in [0, 0.05) is 6.04 Å². The zero-order valence-corrected chi connectivity index (χ0v) is 10.4. The van der Waals surface area contributed by atoms with Crippen LogP contribution in [-0.4, -0.2) is 18.5 Å². The average Bonchev–Trinajstić information content (AvgIpc) is 2.76. The van der Waals surface area contributed by atoms with E-state index in [1.807, 2.05) is 0 Å². The molecular weight excluding hydrogens is 240 g/mol. The van der Waals surface area contributed by atoms with Crippen molar-refractivity contribution in [2.24, 2.45) is 11.7 Å². The summed E-state index contributed by atoms with van der Waals surface area (Å²) in [4.78, 5) is 12.0. The smallest absolute Gasteiger partial charge is 0.256 e. The van der Waals surface area contributed by atoms with Crippen molar-refractivity contribution in [3.05, 3.63) is 23.1 Å². The molecule has 94 valence electrons. The molecule has 17 heavy (non-hydrogen) atoms. The molecule has 0 saturated heterocycles. The summed E-state index contributed by atoms with van der Waals surface area (Å²) in [5.74, 6) is 0.201. The van der Waals surface area contributed by atoms with Crippen molar-refractivity contribution in [2.45, 2.75) is 31.7 Å². The molecule has 1 aliphatic carbocycles. The second kappa shape index (κ2) is 5.56. The van der Waals surface area contributed by atoms with E-state index in [4.69, 9.17) is 21.8 Å². The third-order valence-electron chi connectivity index (χ3n) is 3.39. The molecule has 1 aromatic heterocycles. The number of hydrogen-bond donors (Lipinski definition) is 2. The number of hydrogen-bond acceptors (Lipinski definition) is 3. The first kappa shape index (κ1) is 12.5. The van der Waals surface area contributed by atoms with Crippen molar-refractivity contribution in [1.29, 1.82) is 0 Å². The molecule has 5 heteroatoms. The predicted molar refractivity (Wildman–Crippen MR) is 66.0 cm³/mol. The number of halogens is 1. The van der Waals surface area contributed by atoms with Gasteiger partial charge >= 0.3 is 0 Å². The Morgan fingerprint density at radius 1 is 1.53 bits per heavy atom. The van der Waals surface area contributed by atoms with E-state index in [-0.39, 0.29) is 17.2 Å². The first-order valence-corrected chi connectivity index (χ1v) is 6.34. The second-order valence-electron chi connectivity index (χ2n) is 4.47. The van der Waals surface area contributed by atoms with Crippen molar-refractivity contribution in [3.63, 3.8) is 0 Å². The van der Waals surface area contributed by atoms with Crippen LogP contribution in [0.4, 0.5) is 0 Å². The maximum Gasteiger partial charge on any atom is 0.256 e. The van der Waals surface area contributed by atoms with E-state index in [0.29, 0.717) is 18.0 Å². The zero-order chi connectivity index (χ0) is 12.3. The van der Waals surface area contributed by atoms with Crippen LogP contribution in [0.25, 0.3) is 0 Å². The first-order valence-electron chi connectivity index (χ1n) is 5.96. The Labute approximate surface area is 105 Å². The SMILES string of the molecule is NCC1CCCCC1NC(=O)c1ccoc1Cl. The largest absolute Gasteiger partial charge is 0.452 e. The van der Waals surface area contributed by atoms with Gasteiger partial charge in [-0.2, -0.15) is 0 Å². The van der Waals surface area contributed by atoms with Gasteiger partial charge in [0.25, 0.3) is 5.91 Å². The molecule has 1 aliphatic rings. The Balaban J connectivity index is 2.00. The van der Waals surface area contributed by atoms with Gasteiger partial charge in [-0.15, -0.1) is 0 Å². The Morgan fingerprint density at radius 3 is 2.94 bits per heavy atom. The monoisotopic (exact) mass is 256 g/mol. The third kappa shape index (κ3) is 2.82. The highest BCUT2D eigenvalue weighted by atomic mass is 35.5. The normalized spacial score (nSPS) is 24.6. The van der Waals surface area contributed by atoms with Crippen molar-refractivity contribution in [1.82, 2.24) is 5.32 Å². The molecule has 1 aromatic rings. The number of nitrogens with two attached hydrogens (primary N) is 1. The molecule has 1 fully saturated rings. The summed E-state index contributed by atoms with van der Waals surface area (Å²) in [7, 11) is 0. The van der Waals surface area contributed by atoms with Gasteiger partial charge in [0.05, 0.1) is 11.8 Å². The van der Waals surface area contributed by atoms with Crippen molar-refractivity contribution >= 4 is 17.5 Å². The molecule has 0 aliphatic heterocycles. The highest BCUT2D eigenvalue weighted by molar-refractivity contribution is 6.32. The maximum absolute atomic E-state index is 12.0. The Bertz CT molecular complexity index is 392. The van der Waals surface area contributed by atoms with Gasteiger partial charge < -0.3 is 15.5 Å². The molecule has 4 nitrogen and oxygen atoms in total. The molecule has 2 rings (SSSR count). The Morgan fingerprint density at radius 2 is 2.29 bits per heavy atom. The van der Waals surface area contributed by atoms with Crippen LogP contribution in [0.2, 0.25) is 5.22 Å². The summed E-state index contributed by atoms with van der Waals surface area (Å²) < 4.78 is 4.91. The third-order valence-corrected chi connectivity index (χ3v) is 3.68. The minimum Gasteiger partial charge on any atom is -0.452 e. The molecule has 1 heterocycles. The average molecular weight is 257 g/mol. The molecular formula is C12H17ClN2O2. The molecule has 0 spiro atoms. The number of rotatable bonds is 3. The van der Waals surface area contributed by atoms with Gasteiger partial charge in [0.1, 0.15) is 0 Å². The summed E-state index contributed by atoms with van der Waals surface area (Å²) in [5.41, 5.74) is 6.12. The van der Waals surface area contributed by atoms with Gasteiger partial charge in [0.15, 0.2) is 0 Å². The summed E-state index contributed by atoms with van der Waals surface area (Å²) >= 11 is 5.77. The lowest BCUT2D eigenvalue weighted by molar-refractivity contribution is 0.0907. The van der Waals surface area contributed by atoms with Crippen LogP contribution < -0.4 is 11.1 Å². The van der Waals surface area contributed by atoms with Crippen molar-refractivity contribution < 1.29 is 9.21 Å². The minimum absolute atomic E-state index is 0.141. The summed E-state index contributed by atoms with van der Waals surface area (Å²) in [6, 6.07) is 1.74. The summed E-state index contributed by atoms with van der Waals surface area (Å²) in [5, 5.41) is 3.14. The standard InChI is InChI=1S/C12H17ClN2O2/c13-11-9(5-6-17-11)12(16)15-10-4-2-1-3-8(10)7-14/h5-6,8,10H,1-4,7,14H2,(H,15,16). The lowest BCUT2D eigenvalue weighted by Crippen LogP contribution is -2.44. The molecule has 3 N–H and O–H groups in total. The van der Waals surface area contributed by atoms with E-state index in [9.17, 15) is 4.79 Å². The fraction of sp³-hybridized carbons (Fsp3) is 0.583. The van der Waals surface area contributed by atoms with Crippen LogP contribution in [-0.2, 0) is 0 Å². The Hall–Kier alpha value is -1.00. The summed E-state index contributed by atoms with van der Waals surface area (Å²) in [6.45, 7) is 0.615. The highest BCUT2D eigenvalue weighted by Gasteiger charge is 2.26. The van der Waals surface area contributed by atoms with Crippen LogP contribution in [0, 0.1) is 5.92 Å². The quantitative estimate of drug-likeness (QED) is 0.871. The van der Waals surface area contributed by atoms with E-state index in [1.165, 1.54) is 12.7 Å². The van der Waals surface area contributed by atoms with Gasteiger partial charge in [-0.05, 0) is 43.0 Å². The van der Waals surface area contributed by atoms with E-state index in [0.717, 1.165) is 19.3 Å². The van der Waals surface area contributed by atoms with Crippen LogP contribution in [0.5, 0.6) is 0 Å². The zero-order valence-electron chi connectivity index (χ0n) is 9.62. The number of amides is 1. The predicted octanol–water partition coefficient (Wildman–Crippen LogP) is 2.18. The van der Waals surface area contributed by atoms with Crippen LogP contribution in [0.15, 0.2) is 16.7 Å². The number of nitrogens with one attached hydrogen (secondary N) is 1. The highest BCUT2D eigenvalue weighted by Crippen LogP contribution is 2.24. The number of carbonyl (C=O) groups excluding carboxylic acids is 1. The summed E-state index contributed by atoms with van der Waals surface area (Å²) in [6.07, 6.45) is 5.82. The molecule has 1 amide bonds. The molecule has 2 unspecified atom stereocenters. The van der Waals surface area contributed by atoms with Crippen LogP contribution >= 0.6 is 11.6 Å². The van der Waals surface area contributed by atoms with E-state index in [1.54, 1.807) is 6.07 Å². The fourth-order valence-corrected chi connectivity index (χ4v) is 2.58. The Kier molecular flexibility index (Phi) is 4.07. The molecule has 0 aromatic carbocycles. The van der Waals surface area contributed by atoms with Gasteiger partial charge in [-0.1, -0.05) is 12.8 Å². The van der Waals surface area contributed by atoms with E-state index in [2.05, 4.69) is 5.32 Å². The molecule has 2 atom stereocenters. The number of furan rings is 1. The van der Waals surface area contributed by atoms with Crippen molar-refractivity contribution in [3.8, 4) is 0 Å². The first-order chi connectivity index (χ1) is 8.22. The minimum atomic E-state index is -0.172. The van der Waals surface area contributed by atoms with Crippen molar-refractivity contribution in [2.75, 3.05) is 6.54 Å². The van der Waals surface area contributed by atoms with Gasteiger partial charge in [-0.25, -0.2) is 0 Å². The topological polar surface area (TPSA) is 68.3 Å². The maximum atomic E-state index is 12.0. The lowest BCUT2D eigenvalue weighted by Gasteiger charge is -2.31. The van der Waals surface area contributed by atoms with Gasteiger partial charge in [-0.3, -0.25) is 4.79 Å². The fourth-order valence-electron chi connectivity index (χ4n) is 2.38. The van der Waals surface area contributed by atoms with Crippen LogP contribution in [0.1, 0.15) is 36.0 Å². The lowest BCUT2D eigenvalue weighted by atomic mass is 9.84. The molecule has 0 bridgehead atoms. The molecule has 0 radical (unpaired) electrons. The van der Waals surface area contributed by atoms with E-state index < -0.39 is 0 Å². The van der Waals surface area contributed by atoms with Gasteiger partial charge in [0.2, 0.25) is 5.22 Å². The second-order valence-corrected chi connectivity index (χ2v) is 4.81.